The van der Waals surface area contributed by atoms with Crippen LogP contribution in [0.3, 0.4) is 0 Å². The summed E-state index contributed by atoms with van der Waals surface area (Å²) in [4.78, 5) is 15.3. The van der Waals surface area contributed by atoms with Gasteiger partial charge in [0.2, 0.25) is 0 Å². The molecule has 0 aliphatic heterocycles. The van der Waals surface area contributed by atoms with Gasteiger partial charge in [0.05, 0.1) is 0 Å². The van der Waals surface area contributed by atoms with E-state index in [4.69, 9.17) is 5.41 Å². The van der Waals surface area contributed by atoms with Crippen molar-refractivity contribution in [2.24, 2.45) is 0 Å². The first-order chi connectivity index (χ1) is 12.6. The van der Waals surface area contributed by atoms with Crippen LogP contribution in [0, 0.1) is 5.41 Å². The Bertz CT molecular complexity index is 933. The van der Waals surface area contributed by atoms with E-state index in [0.29, 0.717) is 35.7 Å². The van der Waals surface area contributed by atoms with E-state index in [1.807, 2.05) is 60.7 Å². The Morgan fingerprint density at radius 3 is 2.31 bits per heavy atom. The highest BCUT2D eigenvalue weighted by molar-refractivity contribution is 6.01. The Labute approximate surface area is 152 Å². The lowest BCUT2D eigenvalue weighted by Gasteiger charge is -2.13. The standard InChI is InChI=1S/C21H22N4O/c1-15(22)19-12-17(14-23-13-16-8-4-2-5-9-16)21(26)25-20(19)24-18-10-6-3-7-11-18/h2-12,22-23H,13-14H2,1H3,(H2,24,25,26). The number of para-hydroxylation sites is 1. The van der Waals surface area contributed by atoms with Gasteiger partial charge in [-0.3, -0.25) is 4.79 Å². The molecule has 2 aromatic carbocycles. The molecule has 0 radical (unpaired) electrons. The third kappa shape index (κ3) is 4.46. The SMILES string of the molecule is CC(=N)c1cc(CNCc2ccccc2)c(=O)[nH]c1Nc1ccccc1. The fraction of sp³-hybridized carbons (Fsp3) is 0.143. The average molecular weight is 346 g/mol. The minimum atomic E-state index is -0.158. The van der Waals surface area contributed by atoms with E-state index in [2.05, 4.69) is 15.6 Å². The summed E-state index contributed by atoms with van der Waals surface area (Å²) >= 11 is 0. The van der Waals surface area contributed by atoms with Gasteiger partial charge in [0.1, 0.15) is 5.82 Å². The summed E-state index contributed by atoms with van der Waals surface area (Å²) in [5.74, 6) is 0.542. The Morgan fingerprint density at radius 1 is 1.00 bits per heavy atom. The Hall–Kier alpha value is -3.18. The smallest absolute Gasteiger partial charge is 0.254 e. The normalized spacial score (nSPS) is 10.5. The summed E-state index contributed by atoms with van der Waals surface area (Å²) < 4.78 is 0. The Kier molecular flexibility index (Phi) is 5.61. The molecule has 132 valence electrons. The van der Waals surface area contributed by atoms with Crippen molar-refractivity contribution in [3.05, 3.63) is 93.8 Å². The lowest BCUT2D eigenvalue weighted by Crippen LogP contribution is -2.23. The summed E-state index contributed by atoms with van der Waals surface area (Å²) in [5.41, 5.74) is 3.56. The van der Waals surface area contributed by atoms with Crippen LogP contribution in [0.1, 0.15) is 23.6 Å². The zero-order chi connectivity index (χ0) is 18.4. The number of aromatic nitrogens is 1. The van der Waals surface area contributed by atoms with Crippen molar-refractivity contribution in [3.8, 4) is 0 Å². The predicted octanol–water partition coefficient (Wildman–Crippen LogP) is 3.80. The molecule has 1 aromatic heterocycles. The zero-order valence-corrected chi connectivity index (χ0v) is 14.7. The van der Waals surface area contributed by atoms with Crippen molar-refractivity contribution < 1.29 is 0 Å². The predicted molar refractivity (Wildman–Crippen MR) is 106 cm³/mol. The van der Waals surface area contributed by atoms with Crippen molar-refractivity contribution in [2.75, 3.05) is 5.32 Å². The minimum Gasteiger partial charge on any atom is -0.341 e. The van der Waals surface area contributed by atoms with Crippen LogP contribution >= 0.6 is 0 Å². The lowest BCUT2D eigenvalue weighted by molar-refractivity contribution is 0.687. The van der Waals surface area contributed by atoms with Gasteiger partial charge < -0.3 is 21.0 Å². The van der Waals surface area contributed by atoms with Gasteiger partial charge in [-0.25, -0.2) is 0 Å². The van der Waals surface area contributed by atoms with E-state index in [1.54, 1.807) is 13.0 Å². The molecule has 0 unspecified atom stereocenters. The molecular weight excluding hydrogens is 324 g/mol. The zero-order valence-electron chi connectivity index (χ0n) is 14.7. The number of H-pyrrole nitrogens is 1. The van der Waals surface area contributed by atoms with Gasteiger partial charge in [-0.2, -0.15) is 0 Å². The molecule has 0 aliphatic rings. The van der Waals surface area contributed by atoms with Crippen molar-refractivity contribution in [3.63, 3.8) is 0 Å². The van der Waals surface area contributed by atoms with E-state index in [-0.39, 0.29) is 5.56 Å². The molecule has 5 nitrogen and oxygen atoms in total. The van der Waals surface area contributed by atoms with Gasteiger partial charge >= 0.3 is 0 Å². The highest BCUT2D eigenvalue weighted by Crippen LogP contribution is 2.18. The molecule has 0 saturated carbocycles. The highest BCUT2D eigenvalue weighted by atomic mass is 16.1. The first-order valence-corrected chi connectivity index (χ1v) is 8.52. The van der Waals surface area contributed by atoms with E-state index >= 15 is 0 Å². The summed E-state index contributed by atoms with van der Waals surface area (Å²) in [7, 11) is 0. The molecule has 26 heavy (non-hydrogen) atoms. The van der Waals surface area contributed by atoms with Gasteiger partial charge in [-0.15, -0.1) is 0 Å². The second-order valence-electron chi connectivity index (χ2n) is 6.12. The molecule has 4 N–H and O–H groups in total. The van der Waals surface area contributed by atoms with Gasteiger partial charge in [0, 0.05) is 35.6 Å². The van der Waals surface area contributed by atoms with Gasteiger partial charge in [-0.1, -0.05) is 48.5 Å². The van der Waals surface area contributed by atoms with Crippen LogP contribution in [0.4, 0.5) is 11.5 Å². The molecule has 0 atom stereocenters. The molecule has 5 heteroatoms. The molecule has 3 rings (SSSR count). The summed E-state index contributed by atoms with van der Waals surface area (Å²) in [6.07, 6.45) is 0. The number of nitrogens with one attached hydrogen (secondary N) is 4. The van der Waals surface area contributed by atoms with Crippen LogP contribution in [-0.4, -0.2) is 10.7 Å². The number of anilines is 2. The van der Waals surface area contributed by atoms with E-state index in [9.17, 15) is 4.79 Å². The number of hydrogen-bond donors (Lipinski definition) is 4. The topological polar surface area (TPSA) is 80.8 Å². The number of hydrogen-bond acceptors (Lipinski definition) is 4. The van der Waals surface area contributed by atoms with Crippen LogP contribution < -0.4 is 16.2 Å². The van der Waals surface area contributed by atoms with Crippen LogP contribution in [0.25, 0.3) is 0 Å². The Morgan fingerprint density at radius 2 is 1.65 bits per heavy atom. The molecule has 1 heterocycles. The molecule has 0 amide bonds. The lowest BCUT2D eigenvalue weighted by atomic mass is 10.1. The van der Waals surface area contributed by atoms with E-state index in [1.165, 1.54) is 0 Å². The number of benzene rings is 2. The van der Waals surface area contributed by atoms with Crippen LogP contribution in [0.15, 0.2) is 71.5 Å². The van der Waals surface area contributed by atoms with Crippen molar-refractivity contribution in [1.29, 1.82) is 5.41 Å². The second-order valence-corrected chi connectivity index (χ2v) is 6.12. The molecule has 0 spiro atoms. The van der Waals surface area contributed by atoms with E-state index < -0.39 is 0 Å². The van der Waals surface area contributed by atoms with Crippen LogP contribution in [-0.2, 0) is 13.1 Å². The van der Waals surface area contributed by atoms with Crippen molar-refractivity contribution in [1.82, 2.24) is 10.3 Å². The number of aromatic amines is 1. The second kappa shape index (κ2) is 8.27. The van der Waals surface area contributed by atoms with Gasteiger partial charge in [0.15, 0.2) is 0 Å². The monoisotopic (exact) mass is 346 g/mol. The van der Waals surface area contributed by atoms with Crippen LogP contribution in [0.2, 0.25) is 0 Å². The maximum atomic E-state index is 12.4. The summed E-state index contributed by atoms with van der Waals surface area (Å²) in [6.45, 7) is 2.84. The maximum absolute atomic E-state index is 12.4. The molecule has 3 aromatic rings. The van der Waals surface area contributed by atoms with Gasteiger partial charge in [0.25, 0.3) is 5.56 Å². The largest absolute Gasteiger partial charge is 0.341 e. The molecule has 0 aliphatic carbocycles. The molecular formula is C21H22N4O. The fourth-order valence-corrected chi connectivity index (χ4v) is 2.70. The minimum absolute atomic E-state index is 0.158. The average Bonchev–Trinajstić information content (AvgIpc) is 2.65. The van der Waals surface area contributed by atoms with Crippen molar-refractivity contribution >= 4 is 17.2 Å². The highest BCUT2D eigenvalue weighted by Gasteiger charge is 2.11. The first-order valence-electron chi connectivity index (χ1n) is 8.52. The molecule has 0 fully saturated rings. The van der Waals surface area contributed by atoms with Crippen LogP contribution in [0.5, 0.6) is 0 Å². The third-order valence-electron chi connectivity index (χ3n) is 4.05. The number of pyridine rings is 1. The first kappa shape index (κ1) is 17.6. The quantitative estimate of drug-likeness (QED) is 0.491. The van der Waals surface area contributed by atoms with Gasteiger partial charge in [-0.05, 0) is 30.7 Å². The Balaban J connectivity index is 1.78. The van der Waals surface area contributed by atoms with Crippen molar-refractivity contribution in [2.45, 2.75) is 20.0 Å². The maximum Gasteiger partial charge on any atom is 0.254 e. The van der Waals surface area contributed by atoms with E-state index in [0.717, 1.165) is 11.3 Å². The molecule has 0 bridgehead atoms. The number of rotatable bonds is 7. The summed E-state index contributed by atoms with van der Waals surface area (Å²) in [6, 6.07) is 21.4. The summed E-state index contributed by atoms with van der Waals surface area (Å²) in [5, 5.41) is 14.5. The third-order valence-corrected chi connectivity index (χ3v) is 4.05. The fourth-order valence-electron chi connectivity index (χ4n) is 2.70. The molecule has 0 saturated heterocycles.